The second-order valence-electron chi connectivity index (χ2n) is 4.46. The lowest BCUT2D eigenvalue weighted by atomic mass is 9.92. The zero-order valence-electron chi connectivity index (χ0n) is 10.3. The maximum Gasteiger partial charge on any atom is 0.210 e. The molecule has 0 spiro atoms. The number of hydrogen-bond acceptors (Lipinski definition) is 2. The monoisotopic (exact) mass is 275 g/mol. The zero-order valence-corrected chi connectivity index (χ0v) is 11.1. The van der Waals surface area contributed by atoms with E-state index in [1.165, 1.54) is 0 Å². The second-order valence-corrected chi connectivity index (χ2v) is 4.89. The van der Waals surface area contributed by atoms with Crippen LogP contribution in [0.3, 0.4) is 0 Å². The highest BCUT2D eigenvalue weighted by molar-refractivity contribution is 6.30. The van der Waals surface area contributed by atoms with Gasteiger partial charge in [-0.1, -0.05) is 54.1 Å². The predicted octanol–water partition coefficient (Wildman–Crippen LogP) is 3.94. The molecule has 0 aliphatic heterocycles. The van der Waals surface area contributed by atoms with Crippen LogP contribution in [0.15, 0.2) is 54.6 Å². The Bertz CT molecular complexity index is 557. The van der Waals surface area contributed by atoms with E-state index in [-0.39, 0.29) is 17.4 Å². The van der Waals surface area contributed by atoms with E-state index in [1.54, 1.807) is 6.07 Å². The van der Waals surface area contributed by atoms with Crippen LogP contribution < -0.4 is 0 Å². The first kappa shape index (κ1) is 13.6. The Morgan fingerprint density at radius 2 is 1.84 bits per heavy atom. The molecule has 0 aromatic heterocycles. The SMILES string of the molecule is O=[N+]([O-])CC(Cc1cccc(Cl)c1)c1ccccc1. The third-order valence-corrected chi connectivity index (χ3v) is 3.25. The van der Waals surface area contributed by atoms with Crippen molar-refractivity contribution in [1.82, 2.24) is 0 Å². The van der Waals surface area contributed by atoms with Gasteiger partial charge in [0, 0.05) is 9.95 Å². The fourth-order valence-corrected chi connectivity index (χ4v) is 2.35. The molecule has 1 unspecified atom stereocenters. The van der Waals surface area contributed by atoms with Crippen LogP contribution in [-0.4, -0.2) is 11.5 Å². The molecule has 0 aliphatic rings. The first-order chi connectivity index (χ1) is 9.15. The van der Waals surface area contributed by atoms with Gasteiger partial charge in [0.25, 0.3) is 0 Å². The summed E-state index contributed by atoms with van der Waals surface area (Å²) in [7, 11) is 0. The van der Waals surface area contributed by atoms with Gasteiger partial charge in [-0.05, 0) is 29.7 Å². The summed E-state index contributed by atoms with van der Waals surface area (Å²) < 4.78 is 0. The average molecular weight is 276 g/mol. The summed E-state index contributed by atoms with van der Waals surface area (Å²) >= 11 is 5.95. The van der Waals surface area contributed by atoms with E-state index in [0.29, 0.717) is 11.4 Å². The average Bonchev–Trinajstić information content (AvgIpc) is 2.38. The molecule has 2 aromatic rings. The molecule has 2 aromatic carbocycles. The minimum Gasteiger partial charge on any atom is -0.265 e. The van der Waals surface area contributed by atoms with Crippen molar-refractivity contribution in [1.29, 1.82) is 0 Å². The van der Waals surface area contributed by atoms with Crippen molar-refractivity contribution in [2.75, 3.05) is 6.54 Å². The Morgan fingerprint density at radius 3 is 2.47 bits per heavy atom. The predicted molar refractivity (Wildman–Crippen MR) is 76.2 cm³/mol. The summed E-state index contributed by atoms with van der Waals surface area (Å²) in [5.74, 6) is -0.130. The van der Waals surface area contributed by atoms with E-state index >= 15 is 0 Å². The maximum atomic E-state index is 10.8. The van der Waals surface area contributed by atoms with Crippen LogP contribution in [0, 0.1) is 10.1 Å². The van der Waals surface area contributed by atoms with Gasteiger partial charge in [-0.25, -0.2) is 0 Å². The minimum atomic E-state index is -0.262. The van der Waals surface area contributed by atoms with Crippen LogP contribution >= 0.6 is 11.6 Å². The molecule has 0 amide bonds. The molecule has 0 aliphatic carbocycles. The zero-order chi connectivity index (χ0) is 13.7. The number of rotatable bonds is 5. The van der Waals surface area contributed by atoms with E-state index in [0.717, 1.165) is 11.1 Å². The molecule has 98 valence electrons. The van der Waals surface area contributed by atoms with Gasteiger partial charge in [0.05, 0.1) is 5.92 Å². The van der Waals surface area contributed by atoms with E-state index < -0.39 is 0 Å². The molecular formula is C15H14ClNO2. The Morgan fingerprint density at radius 1 is 1.11 bits per heavy atom. The van der Waals surface area contributed by atoms with Gasteiger partial charge in [-0.3, -0.25) is 10.1 Å². The largest absolute Gasteiger partial charge is 0.265 e. The molecule has 4 heteroatoms. The van der Waals surface area contributed by atoms with Gasteiger partial charge in [0.2, 0.25) is 6.54 Å². The number of halogens is 1. The van der Waals surface area contributed by atoms with E-state index in [1.807, 2.05) is 48.5 Å². The van der Waals surface area contributed by atoms with Crippen LogP contribution in [0.1, 0.15) is 17.0 Å². The summed E-state index contributed by atoms with van der Waals surface area (Å²) in [6.07, 6.45) is 0.617. The van der Waals surface area contributed by atoms with Gasteiger partial charge >= 0.3 is 0 Å². The lowest BCUT2D eigenvalue weighted by Crippen LogP contribution is -2.15. The van der Waals surface area contributed by atoms with Crippen molar-refractivity contribution < 1.29 is 4.92 Å². The molecule has 0 N–H and O–H groups in total. The highest BCUT2D eigenvalue weighted by atomic mass is 35.5. The van der Waals surface area contributed by atoms with Crippen LogP contribution in [0.4, 0.5) is 0 Å². The molecule has 3 nitrogen and oxygen atoms in total. The van der Waals surface area contributed by atoms with Gasteiger partial charge in [0.1, 0.15) is 0 Å². The van der Waals surface area contributed by atoms with Crippen molar-refractivity contribution in [3.8, 4) is 0 Å². The summed E-state index contributed by atoms with van der Waals surface area (Å²) in [6, 6.07) is 17.0. The third-order valence-electron chi connectivity index (χ3n) is 3.01. The number of nitrogens with zero attached hydrogens (tertiary/aromatic N) is 1. The number of hydrogen-bond donors (Lipinski definition) is 0. The highest BCUT2D eigenvalue weighted by Gasteiger charge is 2.18. The molecule has 0 bridgehead atoms. The van der Waals surface area contributed by atoms with Crippen molar-refractivity contribution in [2.45, 2.75) is 12.3 Å². The Balaban J connectivity index is 2.21. The lowest BCUT2D eigenvalue weighted by molar-refractivity contribution is -0.483. The molecule has 0 fully saturated rings. The fraction of sp³-hybridized carbons (Fsp3) is 0.200. The van der Waals surface area contributed by atoms with Crippen LogP contribution in [0.25, 0.3) is 0 Å². The summed E-state index contributed by atoms with van der Waals surface area (Å²) in [4.78, 5) is 10.6. The first-order valence-corrected chi connectivity index (χ1v) is 6.44. The van der Waals surface area contributed by atoms with Crippen LogP contribution in [0.2, 0.25) is 5.02 Å². The molecule has 19 heavy (non-hydrogen) atoms. The molecule has 2 rings (SSSR count). The Labute approximate surface area is 117 Å². The quantitative estimate of drug-likeness (QED) is 0.613. The molecular weight excluding hydrogens is 262 g/mol. The van der Waals surface area contributed by atoms with Crippen molar-refractivity contribution in [3.05, 3.63) is 80.9 Å². The summed E-state index contributed by atoms with van der Waals surface area (Å²) in [6.45, 7) is -0.0729. The minimum absolute atomic E-state index is 0.0729. The second kappa shape index (κ2) is 6.34. The first-order valence-electron chi connectivity index (χ1n) is 6.06. The Kier molecular flexibility index (Phi) is 4.53. The van der Waals surface area contributed by atoms with Crippen molar-refractivity contribution >= 4 is 11.6 Å². The fourth-order valence-electron chi connectivity index (χ4n) is 2.14. The standard InChI is InChI=1S/C15H14ClNO2/c16-15-8-4-5-12(10-15)9-14(11-17(18)19)13-6-2-1-3-7-13/h1-8,10,14H,9,11H2. The van der Waals surface area contributed by atoms with E-state index in [9.17, 15) is 10.1 Å². The van der Waals surface area contributed by atoms with E-state index in [4.69, 9.17) is 11.6 Å². The van der Waals surface area contributed by atoms with Gasteiger partial charge < -0.3 is 0 Å². The Hall–Kier alpha value is -1.87. The summed E-state index contributed by atoms with van der Waals surface area (Å²) in [5, 5.41) is 11.5. The number of benzene rings is 2. The van der Waals surface area contributed by atoms with Gasteiger partial charge in [0.15, 0.2) is 0 Å². The highest BCUT2D eigenvalue weighted by Crippen LogP contribution is 2.22. The molecule has 0 heterocycles. The van der Waals surface area contributed by atoms with Crippen molar-refractivity contribution in [3.63, 3.8) is 0 Å². The van der Waals surface area contributed by atoms with Crippen molar-refractivity contribution in [2.24, 2.45) is 0 Å². The van der Waals surface area contributed by atoms with Gasteiger partial charge in [-0.2, -0.15) is 0 Å². The van der Waals surface area contributed by atoms with Crippen LogP contribution in [-0.2, 0) is 6.42 Å². The topological polar surface area (TPSA) is 43.1 Å². The lowest BCUT2D eigenvalue weighted by Gasteiger charge is -2.13. The van der Waals surface area contributed by atoms with E-state index in [2.05, 4.69) is 0 Å². The maximum absolute atomic E-state index is 10.8. The van der Waals surface area contributed by atoms with Crippen LogP contribution in [0.5, 0.6) is 0 Å². The van der Waals surface area contributed by atoms with Gasteiger partial charge in [-0.15, -0.1) is 0 Å². The summed E-state index contributed by atoms with van der Waals surface area (Å²) in [5.41, 5.74) is 2.00. The smallest absolute Gasteiger partial charge is 0.210 e. The normalized spacial score (nSPS) is 12.1. The number of nitro groups is 1. The molecule has 1 atom stereocenters. The molecule has 0 saturated heterocycles. The molecule has 0 saturated carbocycles. The third kappa shape index (κ3) is 4.07. The molecule has 0 radical (unpaired) electrons.